The molecule has 0 aliphatic carbocycles. The van der Waals surface area contributed by atoms with E-state index in [1.54, 1.807) is 20.8 Å². The number of halogens is 1. The Morgan fingerprint density at radius 2 is 1.91 bits per heavy atom. The second kappa shape index (κ2) is 10.4. The van der Waals surface area contributed by atoms with Gasteiger partial charge in [0.1, 0.15) is 11.4 Å². The maximum atomic E-state index is 13.8. The molecule has 0 fully saturated rings. The number of rotatable bonds is 6. The Labute approximate surface area is 201 Å². The number of ether oxygens (including phenoxy) is 1. The highest BCUT2D eigenvalue weighted by Gasteiger charge is 2.36. The zero-order valence-corrected chi connectivity index (χ0v) is 20.8. The van der Waals surface area contributed by atoms with E-state index < -0.39 is 39.7 Å². The van der Waals surface area contributed by atoms with Gasteiger partial charge in [0.05, 0.1) is 17.0 Å². The number of hydrogen-bond acceptors (Lipinski definition) is 5. The van der Waals surface area contributed by atoms with Gasteiger partial charge in [0.2, 0.25) is 10.0 Å². The van der Waals surface area contributed by atoms with Crippen molar-refractivity contribution in [1.82, 2.24) is 9.62 Å². The molecule has 0 unspecified atom stereocenters. The minimum atomic E-state index is -3.96. The van der Waals surface area contributed by atoms with Gasteiger partial charge >= 0.3 is 6.09 Å². The summed E-state index contributed by atoms with van der Waals surface area (Å²) in [6.45, 7) is 7.04. The zero-order valence-electron chi connectivity index (χ0n) is 20.0. The number of fused-ring (bicyclic) bond motifs is 1. The molecule has 9 heteroatoms. The van der Waals surface area contributed by atoms with E-state index >= 15 is 0 Å². The van der Waals surface area contributed by atoms with Gasteiger partial charge in [-0.25, -0.2) is 17.6 Å². The lowest BCUT2D eigenvalue weighted by Gasteiger charge is -2.30. The van der Waals surface area contributed by atoms with Crippen molar-refractivity contribution in [3.05, 3.63) is 65.5 Å². The standard InChI is InChI=1S/C25H33FN2O5S/c1-17-12-19-14-20(26)10-11-23(19)34(31,32)28(15-17)16-22(29)21(13-18-8-6-5-7-9-18)27-24(30)33-25(2,3)4/h5-11,14,17,21-22,29H,12-13,15-16H2,1-4H3,(H,27,30)/t17-,21+,22-/m1/s1. The van der Waals surface area contributed by atoms with Gasteiger partial charge in [0.15, 0.2) is 0 Å². The summed E-state index contributed by atoms with van der Waals surface area (Å²) in [6.07, 6.45) is -1.22. The molecule has 186 valence electrons. The van der Waals surface area contributed by atoms with Gasteiger partial charge in [0.25, 0.3) is 0 Å². The molecule has 0 saturated heterocycles. The van der Waals surface area contributed by atoms with Crippen molar-refractivity contribution in [3.63, 3.8) is 0 Å². The predicted molar refractivity (Wildman–Crippen MR) is 127 cm³/mol. The maximum Gasteiger partial charge on any atom is 0.407 e. The van der Waals surface area contributed by atoms with Crippen LogP contribution in [-0.4, -0.2) is 54.8 Å². The number of carbonyl (C=O) groups is 1. The first kappa shape index (κ1) is 26.1. The molecule has 0 spiro atoms. The van der Waals surface area contributed by atoms with Crippen LogP contribution in [0.5, 0.6) is 0 Å². The van der Waals surface area contributed by atoms with Crippen LogP contribution < -0.4 is 5.32 Å². The largest absolute Gasteiger partial charge is 0.444 e. The van der Waals surface area contributed by atoms with Crippen LogP contribution in [0.2, 0.25) is 0 Å². The highest BCUT2D eigenvalue weighted by atomic mass is 32.2. The third-order valence-corrected chi connectivity index (χ3v) is 7.51. The Hall–Kier alpha value is -2.49. The highest BCUT2D eigenvalue weighted by molar-refractivity contribution is 7.89. The number of sulfonamides is 1. The number of nitrogens with one attached hydrogen (secondary N) is 1. The van der Waals surface area contributed by atoms with Crippen molar-refractivity contribution >= 4 is 16.1 Å². The number of aliphatic hydroxyl groups excluding tert-OH is 1. The molecule has 2 N–H and O–H groups in total. The summed E-state index contributed by atoms with van der Waals surface area (Å²) in [6, 6.07) is 12.2. The molecule has 0 saturated carbocycles. The third-order valence-electron chi connectivity index (χ3n) is 5.58. The Bertz CT molecular complexity index is 1100. The Morgan fingerprint density at radius 1 is 1.24 bits per heavy atom. The number of alkyl carbamates (subject to hydrolysis) is 1. The van der Waals surface area contributed by atoms with Crippen LogP contribution in [0.4, 0.5) is 9.18 Å². The molecule has 3 rings (SSSR count). The summed E-state index contributed by atoms with van der Waals surface area (Å²) < 4.78 is 47.1. The molecule has 1 amide bonds. The van der Waals surface area contributed by atoms with E-state index in [0.29, 0.717) is 12.0 Å². The van der Waals surface area contributed by atoms with Crippen molar-refractivity contribution in [2.24, 2.45) is 5.92 Å². The normalized spacial score (nSPS) is 20.0. The number of aliphatic hydroxyl groups is 1. The first-order valence-electron chi connectivity index (χ1n) is 11.4. The lowest BCUT2D eigenvalue weighted by Crippen LogP contribution is -2.51. The molecule has 1 heterocycles. The van der Waals surface area contributed by atoms with Gasteiger partial charge in [-0.2, -0.15) is 4.31 Å². The summed E-state index contributed by atoms with van der Waals surface area (Å²) in [5.41, 5.74) is 0.572. The van der Waals surface area contributed by atoms with Crippen LogP contribution in [0.15, 0.2) is 53.4 Å². The van der Waals surface area contributed by atoms with Crippen LogP contribution in [0.25, 0.3) is 0 Å². The topological polar surface area (TPSA) is 95.9 Å². The lowest BCUT2D eigenvalue weighted by atomic mass is 9.99. The van der Waals surface area contributed by atoms with Crippen LogP contribution in [0.1, 0.15) is 38.8 Å². The molecule has 34 heavy (non-hydrogen) atoms. The second-order valence-corrected chi connectivity index (χ2v) is 11.8. The number of amides is 1. The molecule has 1 aliphatic heterocycles. The third kappa shape index (κ3) is 6.77. The Balaban J connectivity index is 1.85. The van der Waals surface area contributed by atoms with E-state index in [2.05, 4.69) is 5.32 Å². The molecule has 0 aromatic heterocycles. The molecule has 2 aromatic carbocycles. The van der Waals surface area contributed by atoms with Crippen molar-refractivity contribution in [1.29, 1.82) is 0 Å². The summed E-state index contributed by atoms with van der Waals surface area (Å²) in [5, 5.41) is 13.8. The first-order chi connectivity index (χ1) is 15.8. The molecule has 2 aromatic rings. The van der Waals surface area contributed by atoms with Crippen LogP contribution in [-0.2, 0) is 27.6 Å². The summed E-state index contributed by atoms with van der Waals surface area (Å²) in [4.78, 5) is 12.5. The fourth-order valence-electron chi connectivity index (χ4n) is 4.10. The van der Waals surface area contributed by atoms with Gasteiger partial charge in [-0.3, -0.25) is 0 Å². The number of carbonyl (C=O) groups excluding carboxylic acids is 1. The molecule has 1 aliphatic rings. The van der Waals surface area contributed by atoms with E-state index in [1.165, 1.54) is 16.4 Å². The number of nitrogens with zero attached hydrogens (tertiary/aromatic N) is 1. The summed E-state index contributed by atoms with van der Waals surface area (Å²) >= 11 is 0. The fraction of sp³-hybridized carbons (Fsp3) is 0.480. The monoisotopic (exact) mass is 492 g/mol. The lowest BCUT2D eigenvalue weighted by molar-refractivity contribution is 0.0400. The van der Waals surface area contributed by atoms with E-state index in [4.69, 9.17) is 4.74 Å². The van der Waals surface area contributed by atoms with Gasteiger partial charge < -0.3 is 15.2 Å². The van der Waals surface area contributed by atoms with Crippen LogP contribution in [0, 0.1) is 11.7 Å². The van der Waals surface area contributed by atoms with Gasteiger partial charge in [-0.1, -0.05) is 37.3 Å². The molecule has 0 bridgehead atoms. The average molecular weight is 493 g/mol. The predicted octanol–water partition coefficient (Wildman–Crippen LogP) is 3.51. The van der Waals surface area contributed by atoms with Gasteiger partial charge in [-0.15, -0.1) is 0 Å². The van der Waals surface area contributed by atoms with E-state index in [1.807, 2.05) is 37.3 Å². The van der Waals surface area contributed by atoms with Gasteiger partial charge in [-0.05, 0) is 68.9 Å². The van der Waals surface area contributed by atoms with Crippen molar-refractivity contribution in [2.45, 2.75) is 63.2 Å². The summed E-state index contributed by atoms with van der Waals surface area (Å²) in [7, 11) is -3.96. The van der Waals surface area contributed by atoms with Crippen molar-refractivity contribution < 1.29 is 27.4 Å². The smallest absolute Gasteiger partial charge is 0.407 e. The summed E-state index contributed by atoms with van der Waals surface area (Å²) in [5.74, 6) is -0.574. The van der Waals surface area contributed by atoms with Gasteiger partial charge in [0, 0.05) is 13.1 Å². The quantitative estimate of drug-likeness (QED) is 0.644. The number of benzene rings is 2. The molecular formula is C25H33FN2O5S. The molecular weight excluding hydrogens is 459 g/mol. The maximum absolute atomic E-state index is 13.8. The van der Waals surface area contributed by atoms with Crippen LogP contribution in [0.3, 0.4) is 0 Å². The van der Waals surface area contributed by atoms with E-state index in [-0.39, 0.29) is 30.3 Å². The Kier molecular flexibility index (Phi) is 8.00. The molecule has 0 radical (unpaired) electrons. The number of hydrogen-bond donors (Lipinski definition) is 2. The van der Waals surface area contributed by atoms with E-state index in [0.717, 1.165) is 11.6 Å². The second-order valence-electron chi connectivity index (χ2n) is 9.89. The minimum absolute atomic E-state index is 0.0464. The minimum Gasteiger partial charge on any atom is -0.444 e. The van der Waals surface area contributed by atoms with Crippen molar-refractivity contribution in [2.75, 3.05) is 13.1 Å². The fourth-order valence-corrected chi connectivity index (χ4v) is 5.89. The highest BCUT2D eigenvalue weighted by Crippen LogP contribution is 2.29. The van der Waals surface area contributed by atoms with E-state index in [9.17, 15) is 22.7 Å². The number of β-amino-alcohol motifs (C(OH)–C–C–N with tert-alkyl or cyclic N) is 1. The SMILES string of the molecule is C[C@@H]1Cc2cc(F)ccc2S(=O)(=O)N(C[C@@H](O)[C@H](Cc2ccccc2)NC(=O)OC(C)(C)C)C1. The van der Waals surface area contributed by atoms with Crippen LogP contribution >= 0.6 is 0 Å². The van der Waals surface area contributed by atoms with Crippen molar-refractivity contribution in [3.8, 4) is 0 Å². The first-order valence-corrected chi connectivity index (χ1v) is 12.8. The zero-order chi connectivity index (χ0) is 25.1. The molecule has 3 atom stereocenters. The Morgan fingerprint density at radius 3 is 2.56 bits per heavy atom. The average Bonchev–Trinajstić information content (AvgIpc) is 2.80. The molecule has 7 nitrogen and oxygen atoms in total.